The first-order valence-corrected chi connectivity index (χ1v) is 12.8. The Morgan fingerprint density at radius 3 is 2.19 bits per heavy atom. The number of alkyl halides is 6. The van der Waals surface area contributed by atoms with E-state index in [0.717, 1.165) is 6.26 Å². The maximum Gasteiger partial charge on any atom is 0.416 e. The smallest absolute Gasteiger partial charge is 0.341 e. The molecule has 198 valence electrons. The Labute approximate surface area is 209 Å². The summed E-state index contributed by atoms with van der Waals surface area (Å²) in [4.78, 5) is 14.3. The molecule has 1 amide bonds. The van der Waals surface area contributed by atoms with E-state index in [4.69, 9.17) is 15.8 Å². The minimum atomic E-state index is -5.02. The average Bonchev–Trinajstić information content (AvgIpc) is 3.17. The minimum absolute atomic E-state index is 0.00970. The normalized spacial score (nSPS) is 19.1. The van der Waals surface area contributed by atoms with Gasteiger partial charge < -0.3 is 4.90 Å². The van der Waals surface area contributed by atoms with E-state index in [-0.39, 0.29) is 32.2 Å². The molecule has 1 saturated heterocycles. The molecule has 3 rings (SSSR count). The lowest BCUT2D eigenvalue weighted by Crippen LogP contribution is -2.36. The monoisotopic (exact) mass is 557 g/mol. The number of benzene rings is 2. The Balaban J connectivity index is 1.85. The highest BCUT2D eigenvalue weighted by Gasteiger charge is 2.42. The van der Waals surface area contributed by atoms with Crippen molar-refractivity contribution in [2.45, 2.75) is 37.0 Å². The number of carbonyl (C=O) groups is 1. The Morgan fingerprint density at radius 1 is 1.06 bits per heavy atom. The molecule has 5 nitrogen and oxygen atoms in total. The van der Waals surface area contributed by atoms with Gasteiger partial charge in [0.05, 0.1) is 30.4 Å². The molecular weight excluding hydrogens is 536 g/mol. The fourth-order valence-corrected chi connectivity index (χ4v) is 4.86. The molecule has 0 N–H and O–H groups in total. The number of halogens is 7. The fraction of sp³-hybridized carbons (Fsp3) is 0.435. The number of likely N-dealkylation sites (tertiary alicyclic amines) is 1. The van der Waals surface area contributed by atoms with Crippen molar-refractivity contribution < 1.29 is 43.7 Å². The number of hydrogen-bond donors (Lipinski definition) is 0. The zero-order chi connectivity index (χ0) is 26.9. The molecule has 1 atom stereocenters. The van der Waals surface area contributed by atoms with E-state index >= 15 is 0 Å². The summed E-state index contributed by atoms with van der Waals surface area (Å²) in [5.41, 5.74) is -3.46. The molecule has 0 saturated carbocycles. The van der Waals surface area contributed by atoms with Gasteiger partial charge in [-0.3, -0.25) is 8.98 Å². The van der Waals surface area contributed by atoms with Crippen molar-refractivity contribution >= 4 is 27.6 Å². The van der Waals surface area contributed by atoms with E-state index in [2.05, 4.69) is 0 Å². The average molecular weight is 558 g/mol. The van der Waals surface area contributed by atoms with Crippen LogP contribution in [0.4, 0.5) is 26.3 Å². The van der Waals surface area contributed by atoms with Crippen LogP contribution in [-0.2, 0) is 43.3 Å². The molecule has 1 aliphatic rings. The zero-order valence-electron chi connectivity index (χ0n) is 18.9. The van der Waals surface area contributed by atoms with Gasteiger partial charge in [-0.1, -0.05) is 23.7 Å². The molecule has 0 aromatic heterocycles. The van der Waals surface area contributed by atoms with Gasteiger partial charge in [0.25, 0.3) is 10.1 Å². The largest absolute Gasteiger partial charge is 0.416 e. The molecule has 0 bridgehead atoms. The second-order valence-corrected chi connectivity index (χ2v) is 10.8. The summed E-state index contributed by atoms with van der Waals surface area (Å²) in [5, 5.41) is 0.407. The summed E-state index contributed by atoms with van der Waals surface area (Å²) >= 11 is 6.11. The Hall–Kier alpha value is -2.31. The van der Waals surface area contributed by atoms with E-state index in [1.54, 1.807) is 24.3 Å². The predicted molar refractivity (Wildman–Crippen MR) is 120 cm³/mol. The van der Waals surface area contributed by atoms with Crippen LogP contribution in [0.25, 0.3) is 0 Å². The first-order valence-electron chi connectivity index (χ1n) is 10.7. The number of carbonyl (C=O) groups excluding carboxylic acids is 1. The Kier molecular flexibility index (Phi) is 8.02. The van der Waals surface area contributed by atoms with E-state index in [1.807, 2.05) is 0 Å². The van der Waals surface area contributed by atoms with Crippen LogP contribution in [0, 0.1) is 0 Å². The first kappa shape index (κ1) is 28.3. The van der Waals surface area contributed by atoms with Gasteiger partial charge in [0.15, 0.2) is 0 Å². The van der Waals surface area contributed by atoms with Gasteiger partial charge in [0, 0.05) is 23.5 Å². The van der Waals surface area contributed by atoms with Crippen LogP contribution in [0.15, 0.2) is 42.5 Å². The van der Waals surface area contributed by atoms with Crippen molar-refractivity contribution in [1.82, 2.24) is 4.90 Å². The summed E-state index contributed by atoms with van der Waals surface area (Å²) < 4.78 is 107. The molecule has 13 heteroatoms. The third-order valence-corrected chi connectivity index (χ3v) is 6.85. The first-order chi connectivity index (χ1) is 16.5. The number of nitrogens with zero attached hydrogens (tertiary/aromatic N) is 1. The number of rotatable bonds is 7. The lowest BCUT2D eigenvalue weighted by atomic mass is 9.77. The molecule has 1 heterocycles. The molecule has 36 heavy (non-hydrogen) atoms. The Morgan fingerprint density at radius 2 is 1.67 bits per heavy atom. The topological polar surface area (TPSA) is 63.7 Å². The molecule has 0 aliphatic carbocycles. The van der Waals surface area contributed by atoms with Crippen LogP contribution in [0.2, 0.25) is 5.02 Å². The predicted octanol–water partition coefficient (Wildman–Crippen LogP) is 5.46. The van der Waals surface area contributed by atoms with Gasteiger partial charge in [-0.2, -0.15) is 34.8 Å². The molecule has 0 unspecified atom stereocenters. The molecule has 1 aliphatic heterocycles. The maximum atomic E-state index is 13.2. The SMILES string of the molecule is CS(=O)(=O)OCC[C@]1(c2cccc(Cl)c2)CCN(C(=O)Cc2cc(C(F)(F)F)cc(C(F)(F)F)c2)C1. The zero-order valence-corrected chi connectivity index (χ0v) is 20.5. The molecule has 0 spiro atoms. The van der Waals surface area contributed by atoms with Crippen LogP contribution in [-0.4, -0.2) is 45.2 Å². The number of amides is 1. The lowest BCUT2D eigenvalue weighted by Gasteiger charge is -2.30. The summed E-state index contributed by atoms with van der Waals surface area (Å²) in [6.45, 7) is 0.0373. The lowest BCUT2D eigenvalue weighted by molar-refractivity contribution is -0.143. The molecule has 2 aromatic carbocycles. The Bertz CT molecular complexity index is 1200. The van der Waals surface area contributed by atoms with Crippen molar-refractivity contribution in [3.8, 4) is 0 Å². The maximum absolute atomic E-state index is 13.2. The van der Waals surface area contributed by atoms with Gasteiger partial charge >= 0.3 is 12.4 Å². The van der Waals surface area contributed by atoms with Crippen LogP contribution in [0.5, 0.6) is 0 Å². The number of hydrogen-bond acceptors (Lipinski definition) is 4. The molecule has 0 radical (unpaired) electrons. The van der Waals surface area contributed by atoms with E-state index in [1.165, 1.54) is 4.90 Å². The van der Waals surface area contributed by atoms with Crippen LogP contribution < -0.4 is 0 Å². The van der Waals surface area contributed by atoms with Crippen molar-refractivity contribution in [2.24, 2.45) is 0 Å². The quantitative estimate of drug-likeness (QED) is 0.335. The minimum Gasteiger partial charge on any atom is -0.341 e. The van der Waals surface area contributed by atoms with Gasteiger partial charge in [0.1, 0.15) is 0 Å². The molecule has 2 aromatic rings. The standard InChI is InChI=1S/C23H22ClF6NO4S/c1-36(33,34)35-8-6-21(16-3-2-4-19(24)13-16)5-7-31(14-21)20(32)11-15-9-17(22(25,26)27)12-18(10-15)23(28,29)30/h2-4,9-10,12-13H,5-8,11,14H2,1H3/t21-/m1/s1. The van der Waals surface area contributed by atoms with E-state index < -0.39 is 56.9 Å². The van der Waals surface area contributed by atoms with Crippen LogP contribution in [0.1, 0.15) is 35.1 Å². The second-order valence-electron chi connectivity index (χ2n) is 8.72. The summed E-state index contributed by atoms with van der Waals surface area (Å²) in [7, 11) is -3.73. The third kappa shape index (κ3) is 7.13. The van der Waals surface area contributed by atoms with Gasteiger partial charge in [-0.05, 0) is 54.3 Å². The summed E-state index contributed by atoms with van der Waals surface area (Å²) in [6.07, 6.45) is -9.26. The highest BCUT2D eigenvalue weighted by molar-refractivity contribution is 7.85. The van der Waals surface area contributed by atoms with Crippen molar-refractivity contribution in [3.63, 3.8) is 0 Å². The third-order valence-electron chi connectivity index (χ3n) is 6.02. The fourth-order valence-electron chi connectivity index (χ4n) is 4.28. The van der Waals surface area contributed by atoms with Crippen LogP contribution in [0.3, 0.4) is 0 Å². The van der Waals surface area contributed by atoms with Crippen molar-refractivity contribution in [3.05, 3.63) is 69.7 Å². The second kappa shape index (κ2) is 10.2. The molecular formula is C23H22ClF6NO4S. The van der Waals surface area contributed by atoms with Gasteiger partial charge in [-0.15, -0.1) is 0 Å². The summed E-state index contributed by atoms with van der Waals surface area (Å²) in [5.74, 6) is -0.657. The van der Waals surface area contributed by atoms with Gasteiger partial charge in [0.2, 0.25) is 5.91 Å². The molecule has 1 fully saturated rings. The van der Waals surface area contributed by atoms with Crippen molar-refractivity contribution in [2.75, 3.05) is 26.0 Å². The summed E-state index contributed by atoms with van der Waals surface area (Å²) in [6, 6.07) is 7.82. The highest BCUT2D eigenvalue weighted by atomic mass is 35.5. The van der Waals surface area contributed by atoms with Gasteiger partial charge in [-0.25, -0.2) is 0 Å². The van der Waals surface area contributed by atoms with E-state index in [9.17, 15) is 39.6 Å². The highest BCUT2D eigenvalue weighted by Crippen LogP contribution is 2.40. The van der Waals surface area contributed by atoms with Crippen LogP contribution >= 0.6 is 11.6 Å². The van der Waals surface area contributed by atoms with E-state index in [0.29, 0.717) is 29.1 Å². The van der Waals surface area contributed by atoms with Crippen molar-refractivity contribution in [1.29, 1.82) is 0 Å².